The van der Waals surface area contributed by atoms with Crippen LogP contribution in [0.5, 0.6) is 0 Å². The number of nitrogens with one attached hydrogen (secondary N) is 1. The highest BCUT2D eigenvalue weighted by molar-refractivity contribution is 5.92. The Labute approximate surface area is 128 Å². The molecule has 1 amide bonds. The van der Waals surface area contributed by atoms with Crippen molar-refractivity contribution < 1.29 is 13.6 Å². The molecule has 22 heavy (non-hydrogen) atoms. The molecule has 1 aromatic heterocycles. The van der Waals surface area contributed by atoms with Crippen LogP contribution < -0.4 is 11.1 Å². The normalized spacial score (nSPS) is 16.1. The van der Waals surface area contributed by atoms with Gasteiger partial charge < -0.3 is 15.5 Å². The third-order valence-corrected chi connectivity index (χ3v) is 4.25. The van der Waals surface area contributed by atoms with Gasteiger partial charge >= 0.3 is 0 Å². The summed E-state index contributed by atoms with van der Waals surface area (Å²) in [6.45, 7) is 0.432. The molecule has 1 heterocycles. The second-order valence-corrected chi connectivity index (χ2v) is 5.68. The molecule has 1 saturated carbocycles. The van der Waals surface area contributed by atoms with Gasteiger partial charge in [0.25, 0.3) is 5.91 Å². The van der Waals surface area contributed by atoms with Crippen LogP contribution in [0, 0.1) is 11.7 Å². The maximum atomic E-state index is 12.9. The second kappa shape index (κ2) is 6.32. The van der Waals surface area contributed by atoms with Gasteiger partial charge in [0.2, 0.25) is 0 Å². The largest absolute Gasteiger partial charge is 0.451 e. The van der Waals surface area contributed by atoms with Gasteiger partial charge in [-0.05, 0) is 55.2 Å². The summed E-state index contributed by atoms with van der Waals surface area (Å²) in [5.74, 6) is 0.700. The molecular formula is C17H19FN2O2. The van der Waals surface area contributed by atoms with Crippen molar-refractivity contribution in [2.75, 3.05) is 6.54 Å². The lowest BCUT2D eigenvalue weighted by molar-refractivity contribution is 0.0877. The van der Waals surface area contributed by atoms with Gasteiger partial charge in [0, 0.05) is 18.2 Å². The van der Waals surface area contributed by atoms with E-state index in [1.54, 1.807) is 24.3 Å². The van der Waals surface area contributed by atoms with E-state index in [1.807, 2.05) is 0 Å². The number of amides is 1. The molecule has 1 aromatic carbocycles. The van der Waals surface area contributed by atoms with Gasteiger partial charge in [-0.25, -0.2) is 4.39 Å². The number of carbonyl (C=O) groups is 1. The van der Waals surface area contributed by atoms with E-state index in [2.05, 4.69) is 5.32 Å². The van der Waals surface area contributed by atoms with Crippen LogP contribution >= 0.6 is 0 Å². The summed E-state index contributed by atoms with van der Waals surface area (Å²) in [6.07, 6.45) is 3.43. The van der Waals surface area contributed by atoms with Crippen molar-refractivity contribution in [2.45, 2.75) is 25.3 Å². The van der Waals surface area contributed by atoms with E-state index < -0.39 is 0 Å². The van der Waals surface area contributed by atoms with Crippen LogP contribution in [0.15, 0.2) is 40.8 Å². The Hall–Kier alpha value is -2.14. The first-order valence-corrected chi connectivity index (χ1v) is 7.54. The fraction of sp³-hybridized carbons (Fsp3) is 0.353. The van der Waals surface area contributed by atoms with E-state index in [1.165, 1.54) is 18.6 Å². The zero-order valence-corrected chi connectivity index (χ0v) is 12.2. The van der Waals surface area contributed by atoms with Crippen LogP contribution in [0.25, 0.3) is 11.3 Å². The number of nitrogens with two attached hydrogens (primary N) is 1. The Bertz CT molecular complexity index is 647. The van der Waals surface area contributed by atoms with Crippen LogP contribution in [-0.4, -0.2) is 18.5 Å². The fourth-order valence-corrected chi connectivity index (χ4v) is 2.68. The highest BCUT2D eigenvalue weighted by atomic mass is 19.1. The number of carbonyl (C=O) groups excluding carboxylic acids is 1. The Balaban J connectivity index is 1.69. The van der Waals surface area contributed by atoms with Crippen molar-refractivity contribution in [2.24, 2.45) is 11.7 Å². The zero-order valence-electron chi connectivity index (χ0n) is 12.2. The molecule has 116 valence electrons. The highest BCUT2D eigenvalue weighted by Crippen LogP contribution is 2.29. The number of hydrogen-bond donors (Lipinski definition) is 2. The van der Waals surface area contributed by atoms with Gasteiger partial charge in [-0.3, -0.25) is 4.79 Å². The summed E-state index contributed by atoms with van der Waals surface area (Å²) in [6, 6.07) is 9.29. The Morgan fingerprint density at radius 2 is 2.00 bits per heavy atom. The first-order chi connectivity index (χ1) is 10.7. The Morgan fingerprint density at radius 3 is 2.59 bits per heavy atom. The molecule has 3 N–H and O–H groups in total. The molecule has 3 rings (SSSR count). The molecule has 2 aromatic rings. The molecule has 0 bridgehead atoms. The van der Waals surface area contributed by atoms with Crippen LogP contribution in [0.4, 0.5) is 4.39 Å². The molecule has 5 heteroatoms. The maximum absolute atomic E-state index is 12.9. The number of rotatable bonds is 5. The average molecular weight is 302 g/mol. The molecule has 4 nitrogen and oxygen atoms in total. The first-order valence-electron chi connectivity index (χ1n) is 7.54. The molecule has 0 aliphatic heterocycles. The minimum absolute atomic E-state index is 0.000575. The summed E-state index contributed by atoms with van der Waals surface area (Å²) in [4.78, 5) is 12.2. The van der Waals surface area contributed by atoms with Crippen molar-refractivity contribution >= 4 is 5.91 Å². The lowest BCUT2D eigenvalue weighted by atomic mass is 9.79. The summed E-state index contributed by atoms with van der Waals surface area (Å²) in [7, 11) is 0. The first kappa shape index (κ1) is 14.8. The van der Waals surface area contributed by atoms with E-state index in [9.17, 15) is 9.18 Å². The van der Waals surface area contributed by atoms with E-state index in [4.69, 9.17) is 10.2 Å². The molecule has 0 saturated heterocycles. The molecule has 1 aliphatic carbocycles. The third kappa shape index (κ3) is 3.04. The van der Waals surface area contributed by atoms with Crippen molar-refractivity contribution in [3.05, 3.63) is 48.0 Å². The van der Waals surface area contributed by atoms with Crippen LogP contribution in [-0.2, 0) is 0 Å². The van der Waals surface area contributed by atoms with E-state index in [-0.39, 0.29) is 23.5 Å². The van der Waals surface area contributed by atoms with Crippen LogP contribution in [0.3, 0.4) is 0 Å². The van der Waals surface area contributed by atoms with Gasteiger partial charge in [0.1, 0.15) is 11.6 Å². The molecule has 1 fully saturated rings. The standard InChI is InChI=1S/C17H19FN2O2/c18-13-6-4-12(5-7-13)15-8-9-16(22-15)17(21)20-14(10-19)11-2-1-3-11/h4-9,11,14H,1-3,10,19H2,(H,20,21). The number of hydrogen-bond acceptors (Lipinski definition) is 3. The Kier molecular flexibility index (Phi) is 4.24. The maximum Gasteiger partial charge on any atom is 0.287 e. The predicted octanol–water partition coefficient (Wildman–Crippen LogP) is 2.94. The molecule has 0 spiro atoms. The van der Waals surface area contributed by atoms with Crippen molar-refractivity contribution in [1.29, 1.82) is 0 Å². The zero-order chi connectivity index (χ0) is 15.5. The summed E-state index contributed by atoms with van der Waals surface area (Å²) in [5, 5.41) is 2.94. The minimum atomic E-state index is -0.306. The van der Waals surface area contributed by atoms with Gasteiger partial charge in [0.15, 0.2) is 5.76 Å². The third-order valence-electron chi connectivity index (χ3n) is 4.25. The average Bonchev–Trinajstić information content (AvgIpc) is 2.95. The molecular weight excluding hydrogens is 283 g/mol. The predicted molar refractivity (Wildman–Crippen MR) is 81.8 cm³/mol. The topological polar surface area (TPSA) is 68.3 Å². The van der Waals surface area contributed by atoms with E-state index in [0.717, 1.165) is 18.4 Å². The minimum Gasteiger partial charge on any atom is -0.451 e. The smallest absolute Gasteiger partial charge is 0.287 e. The number of halogens is 1. The highest BCUT2D eigenvalue weighted by Gasteiger charge is 2.28. The monoisotopic (exact) mass is 302 g/mol. The van der Waals surface area contributed by atoms with Gasteiger partial charge in [-0.2, -0.15) is 0 Å². The summed E-state index contributed by atoms with van der Waals surface area (Å²) >= 11 is 0. The van der Waals surface area contributed by atoms with E-state index in [0.29, 0.717) is 18.2 Å². The van der Waals surface area contributed by atoms with Gasteiger partial charge in [0.05, 0.1) is 0 Å². The quantitative estimate of drug-likeness (QED) is 0.892. The molecule has 1 atom stereocenters. The lowest BCUT2D eigenvalue weighted by Gasteiger charge is -2.33. The van der Waals surface area contributed by atoms with Crippen LogP contribution in [0.2, 0.25) is 0 Å². The summed E-state index contributed by atoms with van der Waals surface area (Å²) in [5.41, 5.74) is 6.47. The van der Waals surface area contributed by atoms with Crippen molar-refractivity contribution in [1.82, 2.24) is 5.32 Å². The second-order valence-electron chi connectivity index (χ2n) is 5.68. The number of furan rings is 1. The molecule has 1 aliphatic rings. The Morgan fingerprint density at radius 1 is 1.27 bits per heavy atom. The fourth-order valence-electron chi connectivity index (χ4n) is 2.68. The van der Waals surface area contributed by atoms with Crippen LogP contribution in [0.1, 0.15) is 29.8 Å². The number of benzene rings is 1. The van der Waals surface area contributed by atoms with E-state index >= 15 is 0 Å². The lowest BCUT2D eigenvalue weighted by Crippen LogP contribution is -2.47. The van der Waals surface area contributed by atoms with Gasteiger partial charge in [-0.15, -0.1) is 0 Å². The van der Waals surface area contributed by atoms with Gasteiger partial charge in [-0.1, -0.05) is 6.42 Å². The van der Waals surface area contributed by atoms with Crippen molar-refractivity contribution in [3.63, 3.8) is 0 Å². The SMILES string of the molecule is NCC(NC(=O)c1ccc(-c2ccc(F)cc2)o1)C1CCC1. The summed E-state index contributed by atoms with van der Waals surface area (Å²) < 4.78 is 18.5. The molecule has 1 unspecified atom stereocenters. The molecule has 0 radical (unpaired) electrons. The van der Waals surface area contributed by atoms with Crippen molar-refractivity contribution in [3.8, 4) is 11.3 Å².